The van der Waals surface area contributed by atoms with Gasteiger partial charge in [0.1, 0.15) is 9.88 Å². The number of carboxylic acids is 1. The van der Waals surface area contributed by atoms with Crippen molar-refractivity contribution in [2.24, 2.45) is 0 Å². The van der Waals surface area contributed by atoms with Gasteiger partial charge in [0.25, 0.3) is 0 Å². The van der Waals surface area contributed by atoms with E-state index in [9.17, 15) is 9.59 Å². The standard InChI is InChI=1S/C8H9NO3S2/c1-4(10)7-6(8(11)12)9-5(14-7)3-13-2/h3H2,1-2H3,(H,11,12). The topological polar surface area (TPSA) is 67.3 Å². The molecule has 0 unspecified atom stereocenters. The Balaban J connectivity index is 3.12. The van der Waals surface area contributed by atoms with E-state index in [2.05, 4.69) is 4.98 Å². The molecule has 1 N–H and O–H groups in total. The van der Waals surface area contributed by atoms with Crippen molar-refractivity contribution in [2.45, 2.75) is 12.7 Å². The highest BCUT2D eigenvalue weighted by Gasteiger charge is 2.19. The maximum Gasteiger partial charge on any atom is 0.356 e. The average Bonchev–Trinajstić information content (AvgIpc) is 2.49. The van der Waals surface area contributed by atoms with Crippen molar-refractivity contribution in [3.05, 3.63) is 15.6 Å². The van der Waals surface area contributed by atoms with Gasteiger partial charge in [0.15, 0.2) is 11.5 Å². The summed E-state index contributed by atoms with van der Waals surface area (Å²) in [6.45, 7) is 1.35. The van der Waals surface area contributed by atoms with Crippen LogP contribution >= 0.6 is 23.1 Å². The number of nitrogens with zero attached hydrogens (tertiary/aromatic N) is 1. The Kier molecular flexibility index (Phi) is 3.65. The molecule has 0 aliphatic rings. The number of hydrogen-bond donors (Lipinski definition) is 1. The van der Waals surface area contributed by atoms with Crippen LogP contribution in [0.5, 0.6) is 0 Å². The number of carbonyl (C=O) groups excluding carboxylic acids is 1. The zero-order valence-corrected chi connectivity index (χ0v) is 9.37. The molecular formula is C8H9NO3S2. The molecule has 0 aliphatic heterocycles. The monoisotopic (exact) mass is 231 g/mol. The zero-order valence-electron chi connectivity index (χ0n) is 7.73. The van der Waals surface area contributed by atoms with Crippen LogP contribution in [0.4, 0.5) is 0 Å². The van der Waals surface area contributed by atoms with Crippen molar-refractivity contribution in [1.82, 2.24) is 4.98 Å². The summed E-state index contributed by atoms with van der Waals surface area (Å²) >= 11 is 2.70. The molecule has 1 heterocycles. The summed E-state index contributed by atoms with van der Waals surface area (Å²) in [4.78, 5) is 26.0. The Hall–Kier alpha value is -0.880. The van der Waals surface area contributed by atoms with E-state index in [-0.39, 0.29) is 16.4 Å². The lowest BCUT2D eigenvalue weighted by Crippen LogP contribution is -2.03. The molecule has 0 aromatic carbocycles. The number of ketones is 1. The van der Waals surface area contributed by atoms with E-state index >= 15 is 0 Å². The van der Waals surface area contributed by atoms with E-state index in [1.807, 2.05) is 6.26 Å². The van der Waals surface area contributed by atoms with Crippen LogP contribution in [0.2, 0.25) is 0 Å². The summed E-state index contributed by atoms with van der Waals surface area (Å²) in [6.07, 6.45) is 1.90. The third-order valence-corrected chi connectivity index (χ3v) is 3.36. The van der Waals surface area contributed by atoms with E-state index in [1.165, 1.54) is 6.92 Å². The molecule has 0 saturated carbocycles. The summed E-state index contributed by atoms with van der Waals surface area (Å²) < 4.78 is 0. The summed E-state index contributed by atoms with van der Waals surface area (Å²) in [5, 5.41) is 9.46. The first-order chi connectivity index (χ1) is 6.56. The third kappa shape index (κ3) is 2.33. The molecule has 1 aromatic rings. The lowest BCUT2D eigenvalue weighted by atomic mass is 10.3. The highest BCUT2D eigenvalue weighted by molar-refractivity contribution is 7.97. The van der Waals surface area contributed by atoms with Gasteiger partial charge < -0.3 is 5.11 Å². The molecule has 14 heavy (non-hydrogen) atoms. The predicted octanol–water partition coefficient (Wildman–Crippen LogP) is 1.91. The van der Waals surface area contributed by atoms with Gasteiger partial charge in [0.05, 0.1) is 0 Å². The van der Waals surface area contributed by atoms with Crippen molar-refractivity contribution < 1.29 is 14.7 Å². The smallest absolute Gasteiger partial charge is 0.356 e. The fraction of sp³-hybridized carbons (Fsp3) is 0.375. The second-order valence-corrected chi connectivity index (χ2v) is 4.53. The van der Waals surface area contributed by atoms with Gasteiger partial charge >= 0.3 is 5.97 Å². The SMILES string of the molecule is CSCc1nc(C(=O)O)c(C(C)=O)s1. The van der Waals surface area contributed by atoms with E-state index in [4.69, 9.17) is 5.11 Å². The van der Waals surface area contributed by atoms with Gasteiger partial charge in [-0.05, 0) is 6.26 Å². The second-order valence-electron chi connectivity index (χ2n) is 2.58. The van der Waals surface area contributed by atoms with E-state index < -0.39 is 5.97 Å². The molecule has 0 spiro atoms. The van der Waals surface area contributed by atoms with E-state index in [0.717, 1.165) is 11.3 Å². The van der Waals surface area contributed by atoms with Gasteiger partial charge in [-0.25, -0.2) is 9.78 Å². The molecule has 0 saturated heterocycles. The zero-order chi connectivity index (χ0) is 10.7. The van der Waals surface area contributed by atoms with Crippen LogP contribution in [-0.2, 0) is 5.75 Å². The molecule has 0 bridgehead atoms. The number of rotatable bonds is 4. The number of aromatic carboxylic acids is 1. The molecular weight excluding hydrogens is 222 g/mol. The molecule has 6 heteroatoms. The summed E-state index contributed by atoms with van der Waals surface area (Å²) in [5.41, 5.74) is -0.119. The van der Waals surface area contributed by atoms with Gasteiger partial charge in [0.2, 0.25) is 0 Å². The second kappa shape index (κ2) is 4.56. The number of aromatic nitrogens is 1. The molecule has 4 nitrogen and oxygen atoms in total. The minimum atomic E-state index is -1.14. The van der Waals surface area contributed by atoms with Crippen molar-refractivity contribution in [1.29, 1.82) is 0 Å². The van der Waals surface area contributed by atoms with Crippen LogP contribution in [0.25, 0.3) is 0 Å². The van der Waals surface area contributed by atoms with Gasteiger partial charge in [0, 0.05) is 12.7 Å². The number of hydrogen-bond acceptors (Lipinski definition) is 5. The predicted molar refractivity (Wildman–Crippen MR) is 56.3 cm³/mol. The highest BCUT2D eigenvalue weighted by atomic mass is 32.2. The first kappa shape index (κ1) is 11.2. The first-order valence-corrected chi connectivity index (χ1v) is 6.00. The number of thioether (sulfide) groups is 1. The average molecular weight is 231 g/mol. The van der Waals surface area contributed by atoms with Crippen molar-refractivity contribution >= 4 is 34.9 Å². The van der Waals surface area contributed by atoms with Crippen molar-refractivity contribution in [3.8, 4) is 0 Å². The minimum Gasteiger partial charge on any atom is -0.476 e. The molecule has 1 aromatic heterocycles. The number of Topliss-reactive ketones (excluding diaryl/α,β-unsaturated/α-hetero) is 1. The quantitative estimate of drug-likeness (QED) is 0.802. The van der Waals surface area contributed by atoms with Gasteiger partial charge in [-0.3, -0.25) is 4.79 Å². The maximum atomic E-state index is 11.1. The summed E-state index contributed by atoms with van der Waals surface area (Å²) in [7, 11) is 0. The highest BCUT2D eigenvalue weighted by Crippen LogP contribution is 2.22. The van der Waals surface area contributed by atoms with Crippen LogP contribution in [-0.4, -0.2) is 28.1 Å². The Morgan fingerprint density at radius 1 is 1.57 bits per heavy atom. The molecule has 0 amide bonds. The first-order valence-electron chi connectivity index (χ1n) is 3.79. The van der Waals surface area contributed by atoms with Gasteiger partial charge in [-0.15, -0.1) is 11.3 Å². The molecule has 1 rings (SSSR count). The Morgan fingerprint density at radius 2 is 2.21 bits per heavy atom. The lowest BCUT2D eigenvalue weighted by Gasteiger charge is -1.89. The van der Waals surface area contributed by atoms with Crippen molar-refractivity contribution in [2.75, 3.05) is 6.26 Å². The van der Waals surface area contributed by atoms with E-state index in [1.54, 1.807) is 11.8 Å². The molecule has 76 valence electrons. The molecule has 0 fully saturated rings. The largest absolute Gasteiger partial charge is 0.476 e. The summed E-state index contributed by atoms with van der Waals surface area (Å²) in [6, 6.07) is 0. The number of thiazole rings is 1. The Morgan fingerprint density at radius 3 is 2.57 bits per heavy atom. The summed E-state index contributed by atoms with van der Waals surface area (Å²) in [5.74, 6) is -0.746. The van der Waals surface area contributed by atoms with Crippen LogP contribution in [0.1, 0.15) is 32.1 Å². The molecule has 0 aliphatic carbocycles. The molecule has 0 radical (unpaired) electrons. The van der Waals surface area contributed by atoms with Gasteiger partial charge in [-0.1, -0.05) is 0 Å². The number of carbonyl (C=O) groups is 2. The number of carboxylic acid groups (broad SMARTS) is 1. The normalized spacial score (nSPS) is 10.1. The maximum absolute atomic E-state index is 11.1. The molecule has 0 atom stereocenters. The van der Waals surface area contributed by atoms with Crippen LogP contribution in [0.15, 0.2) is 0 Å². The fourth-order valence-electron chi connectivity index (χ4n) is 0.933. The van der Waals surface area contributed by atoms with Crippen LogP contribution < -0.4 is 0 Å². The van der Waals surface area contributed by atoms with E-state index in [0.29, 0.717) is 10.8 Å². The third-order valence-electron chi connectivity index (χ3n) is 1.46. The fourth-order valence-corrected chi connectivity index (χ4v) is 2.58. The Labute approximate surface area is 89.4 Å². The minimum absolute atomic E-state index is 0.119. The van der Waals surface area contributed by atoms with Crippen LogP contribution in [0, 0.1) is 0 Å². The Bertz CT molecular complexity index is 341. The van der Waals surface area contributed by atoms with Crippen molar-refractivity contribution in [3.63, 3.8) is 0 Å². The van der Waals surface area contributed by atoms with Crippen LogP contribution in [0.3, 0.4) is 0 Å². The van der Waals surface area contributed by atoms with Gasteiger partial charge in [-0.2, -0.15) is 11.8 Å². The lowest BCUT2D eigenvalue weighted by molar-refractivity contribution is 0.0687.